The van der Waals surface area contributed by atoms with Crippen molar-refractivity contribution < 1.29 is 4.79 Å². The van der Waals surface area contributed by atoms with E-state index in [1.54, 1.807) is 24.2 Å². The maximum Gasteiger partial charge on any atom is 0.254 e. The number of carbonyl (C=O) groups excluding carboxylic acids is 1. The van der Waals surface area contributed by atoms with Crippen LogP contribution in [0.1, 0.15) is 17.3 Å². The van der Waals surface area contributed by atoms with E-state index in [-0.39, 0.29) is 11.5 Å². The van der Waals surface area contributed by atoms with Gasteiger partial charge in [-0.05, 0) is 13.0 Å². The Bertz CT molecular complexity index is 425. The van der Waals surface area contributed by atoms with E-state index in [2.05, 4.69) is 0 Å². The fourth-order valence-electron chi connectivity index (χ4n) is 1.42. The second-order valence-electron chi connectivity index (χ2n) is 3.54. The lowest BCUT2D eigenvalue weighted by Gasteiger charge is -2.19. The number of likely N-dealkylation sites (N-methyl/N-ethyl adjacent to an activating group) is 1. The zero-order chi connectivity index (χ0) is 12.1. The fraction of sp³-hybridized carbons (Fsp3) is 0.455. The molecule has 88 valence electrons. The second kappa shape index (κ2) is 5.46. The summed E-state index contributed by atoms with van der Waals surface area (Å²) in [5.74, 6) is -0.148. The number of rotatable bonds is 4. The number of pyridine rings is 1. The Morgan fingerprint density at radius 2 is 2.25 bits per heavy atom. The van der Waals surface area contributed by atoms with Gasteiger partial charge in [0.05, 0.1) is 0 Å². The first-order chi connectivity index (χ1) is 7.60. The van der Waals surface area contributed by atoms with Crippen LogP contribution in [0.3, 0.4) is 0 Å². The number of amides is 1. The van der Waals surface area contributed by atoms with Gasteiger partial charge in [-0.15, -0.1) is 0 Å². The molecule has 0 atom stereocenters. The van der Waals surface area contributed by atoms with Crippen LogP contribution in [0.5, 0.6) is 0 Å². The molecule has 0 saturated carbocycles. The first-order valence-electron chi connectivity index (χ1n) is 5.26. The quantitative estimate of drug-likeness (QED) is 0.769. The van der Waals surface area contributed by atoms with Crippen molar-refractivity contribution in [3.05, 3.63) is 34.2 Å². The first-order valence-corrected chi connectivity index (χ1v) is 5.26. The molecule has 0 unspecified atom stereocenters. The van der Waals surface area contributed by atoms with Crippen molar-refractivity contribution in [3.8, 4) is 0 Å². The summed E-state index contributed by atoms with van der Waals surface area (Å²) in [6.07, 6.45) is 1.59. The van der Waals surface area contributed by atoms with Crippen LogP contribution in [0, 0.1) is 0 Å². The van der Waals surface area contributed by atoms with Gasteiger partial charge < -0.3 is 15.2 Å². The molecule has 0 aliphatic rings. The second-order valence-corrected chi connectivity index (χ2v) is 3.54. The Morgan fingerprint density at radius 1 is 1.56 bits per heavy atom. The van der Waals surface area contributed by atoms with E-state index in [1.165, 1.54) is 10.6 Å². The minimum atomic E-state index is -0.186. The van der Waals surface area contributed by atoms with E-state index < -0.39 is 0 Å². The summed E-state index contributed by atoms with van der Waals surface area (Å²) in [6, 6.07) is 2.99. The molecule has 16 heavy (non-hydrogen) atoms. The van der Waals surface area contributed by atoms with Crippen molar-refractivity contribution in [2.75, 3.05) is 19.6 Å². The minimum absolute atomic E-state index is 0.148. The lowest BCUT2D eigenvalue weighted by atomic mass is 10.2. The highest BCUT2D eigenvalue weighted by molar-refractivity contribution is 5.94. The summed E-state index contributed by atoms with van der Waals surface area (Å²) in [5, 5.41) is 0. The Kier molecular flexibility index (Phi) is 4.25. The molecule has 0 spiro atoms. The molecule has 0 bridgehead atoms. The fourth-order valence-corrected chi connectivity index (χ4v) is 1.42. The molecule has 0 aromatic carbocycles. The Balaban J connectivity index is 2.95. The van der Waals surface area contributed by atoms with E-state index in [1.807, 2.05) is 6.92 Å². The number of nitrogens with zero attached hydrogens (tertiary/aromatic N) is 2. The standard InChI is InChI=1S/C11H17N3O2/c1-3-14(7-5-12)11(16)9-4-6-13(2)10(15)8-9/h4,6,8H,3,5,7,12H2,1-2H3. The lowest BCUT2D eigenvalue weighted by molar-refractivity contribution is 0.0768. The van der Waals surface area contributed by atoms with E-state index in [4.69, 9.17) is 5.73 Å². The molecule has 1 aromatic rings. The third-order valence-electron chi connectivity index (χ3n) is 2.42. The monoisotopic (exact) mass is 223 g/mol. The van der Waals surface area contributed by atoms with Gasteiger partial charge in [-0.2, -0.15) is 0 Å². The van der Waals surface area contributed by atoms with E-state index in [9.17, 15) is 9.59 Å². The van der Waals surface area contributed by atoms with Crippen LogP contribution in [0.2, 0.25) is 0 Å². The predicted octanol–water partition coefficient (Wildman–Crippen LogP) is -0.194. The zero-order valence-corrected chi connectivity index (χ0v) is 9.64. The van der Waals surface area contributed by atoms with Gasteiger partial charge in [-0.3, -0.25) is 9.59 Å². The number of aryl methyl sites for hydroxylation is 1. The van der Waals surface area contributed by atoms with Crippen LogP contribution in [0.25, 0.3) is 0 Å². The molecule has 5 heteroatoms. The largest absolute Gasteiger partial charge is 0.338 e. The van der Waals surface area contributed by atoms with Crippen molar-refractivity contribution in [1.82, 2.24) is 9.47 Å². The number of hydrogen-bond acceptors (Lipinski definition) is 3. The van der Waals surface area contributed by atoms with Crippen LogP contribution in [-0.4, -0.2) is 35.0 Å². The molecule has 0 fully saturated rings. The molecule has 0 saturated heterocycles. The van der Waals surface area contributed by atoms with Gasteiger partial charge in [0.25, 0.3) is 11.5 Å². The summed E-state index contributed by atoms with van der Waals surface area (Å²) in [5.41, 5.74) is 5.64. The number of nitrogens with two attached hydrogens (primary N) is 1. The third-order valence-corrected chi connectivity index (χ3v) is 2.42. The predicted molar refractivity (Wildman–Crippen MR) is 62.3 cm³/mol. The molecule has 0 radical (unpaired) electrons. The average Bonchev–Trinajstić information content (AvgIpc) is 2.28. The highest BCUT2D eigenvalue weighted by atomic mass is 16.2. The normalized spacial score (nSPS) is 10.2. The molecule has 0 aliphatic heterocycles. The van der Waals surface area contributed by atoms with Crippen molar-refractivity contribution in [2.24, 2.45) is 12.8 Å². The molecule has 5 nitrogen and oxygen atoms in total. The summed E-state index contributed by atoms with van der Waals surface area (Å²) >= 11 is 0. The number of aromatic nitrogens is 1. The van der Waals surface area contributed by atoms with Crippen molar-refractivity contribution in [1.29, 1.82) is 0 Å². The van der Waals surface area contributed by atoms with Gasteiger partial charge in [-0.25, -0.2) is 0 Å². The lowest BCUT2D eigenvalue weighted by Crippen LogP contribution is -2.35. The molecule has 1 amide bonds. The zero-order valence-electron chi connectivity index (χ0n) is 9.64. The summed E-state index contributed by atoms with van der Waals surface area (Å²) < 4.78 is 1.43. The van der Waals surface area contributed by atoms with E-state index in [0.29, 0.717) is 25.2 Å². The molecular weight excluding hydrogens is 206 g/mol. The molecule has 1 heterocycles. The van der Waals surface area contributed by atoms with Crippen molar-refractivity contribution >= 4 is 5.91 Å². The molecule has 2 N–H and O–H groups in total. The van der Waals surface area contributed by atoms with Gasteiger partial charge in [-0.1, -0.05) is 0 Å². The smallest absolute Gasteiger partial charge is 0.254 e. The van der Waals surface area contributed by atoms with Gasteiger partial charge in [0.15, 0.2) is 0 Å². The van der Waals surface area contributed by atoms with Gasteiger partial charge in [0, 0.05) is 44.5 Å². The average molecular weight is 223 g/mol. The third kappa shape index (κ3) is 2.70. The maximum absolute atomic E-state index is 12.0. The maximum atomic E-state index is 12.0. The number of hydrogen-bond donors (Lipinski definition) is 1. The van der Waals surface area contributed by atoms with E-state index >= 15 is 0 Å². The van der Waals surface area contributed by atoms with Gasteiger partial charge in [0.2, 0.25) is 0 Å². The molecular formula is C11H17N3O2. The highest BCUT2D eigenvalue weighted by Crippen LogP contribution is 2.01. The summed E-state index contributed by atoms with van der Waals surface area (Å²) in [4.78, 5) is 25.0. The summed E-state index contributed by atoms with van der Waals surface area (Å²) in [7, 11) is 1.65. The molecule has 1 rings (SSSR count). The summed E-state index contributed by atoms with van der Waals surface area (Å²) in [6.45, 7) is 3.40. The van der Waals surface area contributed by atoms with Gasteiger partial charge >= 0.3 is 0 Å². The van der Waals surface area contributed by atoms with Crippen LogP contribution in [0.4, 0.5) is 0 Å². The topological polar surface area (TPSA) is 68.3 Å². The molecule has 1 aromatic heterocycles. The van der Waals surface area contributed by atoms with Crippen LogP contribution in [-0.2, 0) is 7.05 Å². The Hall–Kier alpha value is -1.62. The minimum Gasteiger partial charge on any atom is -0.338 e. The van der Waals surface area contributed by atoms with Gasteiger partial charge in [0.1, 0.15) is 0 Å². The Labute approximate surface area is 94.5 Å². The Morgan fingerprint density at radius 3 is 2.75 bits per heavy atom. The highest BCUT2D eigenvalue weighted by Gasteiger charge is 2.13. The SMILES string of the molecule is CCN(CCN)C(=O)c1ccn(C)c(=O)c1. The van der Waals surface area contributed by atoms with Crippen molar-refractivity contribution in [3.63, 3.8) is 0 Å². The van der Waals surface area contributed by atoms with Crippen LogP contribution in [0.15, 0.2) is 23.1 Å². The van der Waals surface area contributed by atoms with Crippen molar-refractivity contribution in [2.45, 2.75) is 6.92 Å². The molecule has 0 aliphatic carbocycles. The van der Waals surface area contributed by atoms with E-state index in [0.717, 1.165) is 0 Å². The number of carbonyl (C=O) groups is 1. The van der Waals surface area contributed by atoms with Crippen LogP contribution < -0.4 is 11.3 Å². The van der Waals surface area contributed by atoms with Crippen LogP contribution >= 0.6 is 0 Å². The first kappa shape index (κ1) is 12.4.